The molecule has 186 valence electrons. The van der Waals surface area contributed by atoms with Crippen molar-refractivity contribution in [2.24, 2.45) is 0 Å². The van der Waals surface area contributed by atoms with Crippen molar-refractivity contribution in [2.45, 2.75) is 24.4 Å². The average Bonchev–Trinajstić information content (AvgIpc) is 3.71. The van der Waals surface area contributed by atoms with E-state index in [2.05, 4.69) is 30.0 Å². The first-order chi connectivity index (χ1) is 18.1. The van der Waals surface area contributed by atoms with E-state index in [-0.39, 0.29) is 24.9 Å². The Morgan fingerprint density at radius 2 is 1.81 bits per heavy atom. The molecule has 1 aromatic carbocycles. The van der Waals surface area contributed by atoms with Crippen LogP contribution in [0.3, 0.4) is 0 Å². The van der Waals surface area contributed by atoms with Gasteiger partial charge in [-0.05, 0) is 23.8 Å². The van der Waals surface area contributed by atoms with Crippen LogP contribution in [0.1, 0.15) is 0 Å². The standard InChI is InChI=1S/C25H20ClN7O4/c26-16-7-17-24(32-25(30-17)37-19-10-36-22-18(34)9-35-23(19)22)31-21(16)14-3-1-13(2-4-14)15-5-6-20(28-8-15)33-12-27-11-29-33/h1-8,11-12,18-19,22-23,34H,9-10H2,(H,30,31,32)/t18-,19-,22?,23?/m1/s1. The summed E-state index contributed by atoms with van der Waals surface area (Å²) >= 11 is 6.59. The minimum atomic E-state index is -0.640. The summed E-state index contributed by atoms with van der Waals surface area (Å²) in [4.78, 5) is 20.7. The number of aliphatic hydroxyl groups is 1. The van der Waals surface area contributed by atoms with Gasteiger partial charge < -0.3 is 24.3 Å². The van der Waals surface area contributed by atoms with E-state index in [0.29, 0.717) is 40.3 Å². The highest BCUT2D eigenvalue weighted by Gasteiger charge is 2.48. The maximum atomic E-state index is 9.93. The molecule has 4 atom stereocenters. The predicted molar refractivity (Wildman–Crippen MR) is 132 cm³/mol. The number of hydrogen-bond acceptors (Lipinski definition) is 9. The molecule has 0 bridgehead atoms. The van der Waals surface area contributed by atoms with Gasteiger partial charge in [0.1, 0.15) is 31.0 Å². The summed E-state index contributed by atoms with van der Waals surface area (Å²) in [7, 11) is 0. The molecule has 2 unspecified atom stereocenters. The fourth-order valence-corrected chi connectivity index (χ4v) is 4.94. The van der Waals surface area contributed by atoms with Crippen LogP contribution in [-0.2, 0) is 9.47 Å². The van der Waals surface area contributed by atoms with Crippen LogP contribution in [0.2, 0.25) is 5.02 Å². The zero-order valence-corrected chi connectivity index (χ0v) is 20.0. The third kappa shape index (κ3) is 4.02. The molecular formula is C25H20ClN7O4. The number of nitrogens with one attached hydrogen (secondary N) is 1. The number of rotatable bonds is 5. The summed E-state index contributed by atoms with van der Waals surface area (Å²) in [5.41, 5.74) is 4.58. The zero-order valence-electron chi connectivity index (χ0n) is 19.2. The van der Waals surface area contributed by atoms with E-state index in [1.165, 1.54) is 6.33 Å². The molecule has 2 aliphatic heterocycles. The Kier molecular flexibility index (Phi) is 5.36. The number of benzene rings is 1. The molecule has 0 amide bonds. The van der Waals surface area contributed by atoms with Gasteiger partial charge in [0.15, 0.2) is 17.6 Å². The van der Waals surface area contributed by atoms with Gasteiger partial charge in [0.05, 0.1) is 29.4 Å². The van der Waals surface area contributed by atoms with Crippen molar-refractivity contribution in [3.05, 3.63) is 66.3 Å². The van der Waals surface area contributed by atoms with Crippen LogP contribution >= 0.6 is 11.6 Å². The van der Waals surface area contributed by atoms with E-state index in [1.807, 2.05) is 36.4 Å². The second kappa shape index (κ2) is 8.89. The van der Waals surface area contributed by atoms with Crippen molar-refractivity contribution in [2.75, 3.05) is 13.2 Å². The van der Waals surface area contributed by atoms with Crippen LogP contribution in [0.4, 0.5) is 0 Å². The molecule has 2 aliphatic rings. The number of nitrogens with zero attached hydrogens (tertiary/aromatic N) is 6. The molecule has 12 heteroatoms. The van der Waals surface area contributed by atoms with Crippen LogP contribution in [0, 0.1) is 0 Å². The zero-order chi connectivity index (χ0) is 24.9. The molecule has 0 spiro atoms. The molecule has 11 nitrogen and oxygen atoms in total. The van der Waals surface area contributed by atoms with Crippen LogP contribution in [-0.4, -0.2) is 77.4 Å². The van der Waals surface area contributed by atoms with Gasteiger partial charge in [-0.15, -0.1) is 0 Å². The number of pyridine rings is 2. The third-order valence-corrected chi connectivity index (χ3v) is 6.83. The van der Waals surface area contributed by atoms with Gasteiger partial charge in [-0.3, -0.25) is 0 Å². The second-order valence-corrected chi connectivity index (χ2v) is 9.28. The third-order valence-electron chi connectivity index (χ3n) is 6.54. The van der Waals surface area contributed by atoms with Crippen LogP contribution in [0.25, 0.3) is 39.4 Å². The molecule has 2 saturated heterocycles. The molecule has 0 aliphatic carbocycles. The van der Waals surface area contributed by atoms with Crippen LogP contribution in [0.15, 0.2) is 61.3 Å². The second-order valence-electron chi connectivity index (χ2n) is 8.87. The van der Waals surface area contributed by atoms with Crippen molar-refractivity contribution in [1.29, 1.82) is 0 Å². The number of hydrogen-bond donors (Lipinski definition) is 2. The summed E-state index contributed by atoms with van der Waals surface area (Å²) in [6.07, 6.45) is 3.15. The molecule has 6 heterocycles. The van der Waals surface area contributed by atoms with E-state index in [1.54, 1.807) is 23.3 Å². The van der Waals surface area contributed by atoms with Crippen molar-refractivity contribution in [1.82, 2.24) is 34.7 Å². The number of aliphatic hydroxyl groups excluding tert-OH is 1. The van der Waals surface area contributed by atoms with Gasteiger partial charge >= 0.3 is 0 Å². The van der Waals surface area contributed by atoms with Gasteiger partial charge in [0, 0.05) is 17.3 Å². The Morgan fingerprint density at radius 3 is 2.59 bits per heavy atom. The first-order valence-electron chi connectivity index (χ1n) is 11.7. The first-order valence-corrected chi connectivity index (χ1v) is 12.1. The number of aromatic nitrogens is 7. The van der Waals surface area contributed by atoms with Crippen molar-refractivity contribution < 1.29 is 19.3 Å². The number of H-pyrrole nitrogens is 1. The van der Waals surface area contributed by atoms with Gasteiger partial charge in [-0.2, -0.15) is 10.1 Å². The minimum absolute atomic E-state index is 0.236. The summed E-state index contributed by atoms with van der Waals surface area (Å²) in [5.74, 6) is 0.693. The Bertz CT molecular complexity index is 1560. The monoisotopic (exact) mass is 517 g/mol. The number of halogens is 1. The summed E-state index contributed by atoms with van der Waals surface area (Å²) in [5, 5.41) is 14.5. The molecule has 2 fully saturated rings. The maximum Gasteiger partial charge on any atom is 0.296 e. The normalized spacial score (nSPS) is 23.0. The minimum Gasteiger partial charge on any atom is -0.456 e. The number of imidazole rings is 1. The predicted octanol–water partition coefficient (Wildman–Crippen LogP) is 2.83. The number of aromatic amines is 1. The quantitative estimate of drug-likeness (QED) is 0.361. The largest absolute Gasteiger partial charge is 0.456 e. The van der Waals surface area contributed by atoms with E-state index in [4.69, 9.17) is 25.8 Å². The highest BCUT2D eigenvalue weighted by molar-refractivity contribution is 6.33. The average molecular weight is 518 g/mol. The summed E-state index contributed by atoms with van der Waals surface area (Å²) < 4.78 is 18.8. The molecule has 37 heavy (non-hydrogen) atoms. The number of fused-ring (bicyclic) bond motifs is 2. The van der Waals surface area contributed by atoms with Gasteiger partial charge in [-0.1, -0.05) is 35.9 Å². The van der Waals surface area contributed by atoms with E-state index in [0.717, 1.165) is 16.7 Å². The van der Waals surface area contributed by atoms with Crippen LogP contribution in [0.5, 0.6) is 6.01 Å². The summed E-state index contributed by atoms with van der Waals surface area (Å²) in [6.45, 7) is 0.549. The summed E-state index contributed by atoms with van der Waals surface area (Å²) in [6, 6.07) is 13.9. The van der Waals surface area contributed by atoms with E-state index >= 15 is 0 Å². The molecule has 5 aromatic rings. The molecule has 0 saturated carbocycles. The van der Waals surface area contributed by atoms with Gasteiger partial charge in [0.25, 0.3) is 6.01 Å². The highest BCUT2D eigenvalue weighted by Crippen LogP contribution is 2.33. The maximum absolute atomic E-state index is 9.93. The SMILES string of the molecule is O[C@@H]1COC2C1OC[C@H]2Oc1nc2nc(-c3ccc(-c4ccc(-n5cncn5)nc4)cc3)c(Cl)cc2[nH]1. The van der Waals surface area contributed by atoms with Gasteiger partial charge in [0.2, 0.25) is 0 Å². The van der Waals surface area contributed by atoms with Gasteiger partial charge in [-0.25, -0.2) is 19.6 Å². The lowest BCUT2D eigenvalue weighted by molar-refractivity contribution is 0.00706. The molecule has 7 rings (SSSR count). The molecule has 4 aromatic heterocycles. The highest BCUT2D eigenvalue weighted by atomic mass is 35.5. The lowest BCUT2D eigenvalue weighted by atomic mass is 10.0. The lowest BCUT2D eigenvalue weighted by Gasteiger charge is -2.15. The Labute approximate surface area is 215 Å². The fraction of sp³-hybridized carbons (Fsp3) is 0.240. The Hall–Kier alpha value is -3.90. The van der Waals surface area contributed by atoms with E-state index < -0.39 is 6.10 Å². The van der Waals surface area contributed by atoms with Crippen LogP contribution < -0.4 is 4.74 Å². The molecule has 2 N–H and O–H groups in total. The fourth-order valence-electron chi connectivity index (χ4n) is 4.68. The Balaban J connectivity index is 1.11. The van der Waals surface area contributed by atoms with Crippen molar-refractivity contribution >= 4 is 22.8 Å². The molecular weight excluding hydrogens is 498 g/mol. The molecule has 0 radical (unpaired) electrons. The number of ether oxygens (including phenoxy) is 3. The first kappa shape index (κ1) is 22.3. The smallest absolute Gasteiger partial charge is 0.296 e. The van der Waals surface area contributed by atoms with E-state index in [9.17, 15) is 5.11 Å². The topological polar surface area (TPSA) is 133 Å². The lowest BCUT2D eigenvalue weighted by Crippen LogP contribution is -2.34. The van der Waals surface area contributed by atoms with Crippen molar-refractivity contribution in [3.8, 4) is 34.2 Å². The van der Waals surface area contributed by atoms with Crippen molar-refractivity contribution in [3.63, 3.8) is 0 Å². The Morgan fingerprint density at radius 1 is 1.00 bits per heavy atom.